The molecule has 32 heavy (non-hydrogen) atoms. The van der Waals surface area contributed by atoms with Crippen molar-refractivity contribution >= 4 is 34.9 Å². The van der Waals surface area contributed by atoms with E-state index >= 15 is 0 Å². The van der Waals surface area contributed by atoms with Gasteiger partial charge in [-0.1, -0.05) is 48.5 Å². The zero-order valence-electron chi connectivity index (χ0n) is 18.0. The summed E-state index contributed by atoms with van der Waals surface area (Å²) in [4.78, 5) is 26.6. The molecule has 1 aliphatic rings. The minimum Gasteiger partial charge on any atom is -0.457 e. The molecule has 1 unspecified atom stereocenters. The maximum Gasteiger partial charge on any atom is 0.303 e. The van der Waals surface area contributed by atoms with Crippen LogP contribution in [0.15, 0.2) is 66.7 Å². The van der Waals surface area contributed by atoms with Gasteiger partial charge in [-0.05, 0) is 60.5 Å². The molecular weight excluding hydrogens is 429 g/mol. The van der Waals surface area contributed by atoms with Crippen LogP contribution in [0, 0.1) is 11.7 Å². The SMILES string of the molecule is CC(=O)OC(c1ccc(F)cc1)C1CCN(CC(=O)c2ccc3ccccc3c2)CC1.Cl. The van der Waals surface area contributed by atoms with Gasteiger partial charge in [0.05, 0.1) is 6.54 Å². The Balaban J connectivity index is 0.00000289. The molecule has 0 spiro atoms. The molecule has 0 aliphatic carbocycles. The molecule has 1 heterocycles. The van der Waals surface area contributed by atoms with Crippen LogP contribution in [0.1, 0.15) is 41.8 Å². The number of fused-ring (bicyclic) bond motifs is 1. The van der Waals surface area contributed by atoms with Crippen LogP contribution in [0.25, 0.3) is 10.8 Å². The number of esters is 1. The predicted molar refractivity (Wildman–Crippen MR) is 126 cm³/mol. The van der Waals surface area contributed by atoms with Crippen molar-refractivity contribution in [1.29, 1.82) is 0 Å². The minimum atomic E-state index is -0.392. The lowest BCUT2D eigenvalue weighted by atomic mass is 9.87. The van der Waals surface area contributed by atoms with Crippen molar-refractivity contribution in [3.8, 4) is 0 Å². The van der Waals surface area contributed by atoms with E-state index in [1.807, 2.05) is 42.5 Å². The van der Waals surface area contributed by atoms with E-state index in [2.05, 4.69) is 4.90 Å². The quantitative estimate of drug-likeness (QED) is 0.358. The lowest BCUT2D eigenvalue weighted by molar-refractivity contribution is -0.150. The first-order valence-electron chi connectivity index (χ1n) is 10.7. The second kappa shape index (κ2) is 10.7. The topological polar surface area (TPSA) is 46.6 Å². The van der Waals surface area contributed by atoms with Gasteiger partial charge in [-0.3, -0.25) is 14.5 Å². The number of Topliss-reactive ketones (excluding diaryl/α,β-unsaturated/α-hetero) is 1. The average Bonchev–Trinajstić information content (AvgIpc) is 2.78. The highest BCUT2D eigenvalue weighted by atomic mass is 35.5. The van der Waals surface area contributed by atoms with Crippen LogP contribution in [0.4, 0.5) is 4.39 Å². The van der Waals surface area contributed by atoms with E-state index in [9.17, 15) is 14.0 Å². The molecule has 1 aliphatic heterocycles. The van der Waals surface area contributed by atoms with Crippen LogP contribution in [0.2, 0.25) is 0 Å². The van der Waals surface area contributed by atoms with Crippen molar-refractivity contribution in [1.82, 2.24) is 4.90 Å². The Morgan fingerprint density at radius 2 is 1.66 bits per heavy atom. The van der Waals surface area contributed by atoms with Gasteiger partial charge in [-0.15, -0.1) is 12.4 Å². The molecule has 4 rings (SSSR count). The maximum absolute atomic E-state index is 13.3. The van der Waals surface area contributed by atoms with Gasteiger partial charge < -0.3 is 4.74 Å². The Labute approximate surface area is 193 Å². The molecule has 3 aromatic rings. The molecule has 0 amide bonds. The molecule has 0 aromatic heterocycles. The van der Waals surface area contributed by atoms with Gasteiger partial charge >= 0.3 is 5.97 Å². The number of hydrogen-bond donors (Lipinski definition) is 0. The second-order valence-electron chi connectivity index (χ2n) is 8.18. The number of ether oxygens (including phenoxy) is 1. The predicted octanol–water partition coefficient (Wildman–Crippen LogP) is 5.60. The van der Waals surface area contributed by atoms with E-state index in [0.29, 0.717) is 6.54 Å². The monoisotopic (exact) mass is 455 g/mol. The van der Waals surface area contributed by atoms with Gasteiger partial charge in [0.2, 0.25) is 0 Å². The number of likely N-dealkylation sites (tertiary alicyclic amines) is 1. The molecule has 3 aromatic carbocycles. The summed E-state index contributed by atoms with van der Waals surface area (Å²) in [6, 6.07) is 20.0. The van der Waals surface area contributed by atoms with E-state index < -0.39 is 6.10 Å². The number of carbonyl (C=O) groups excluding carboxylic acids is 2. The number of rotatable bonds is 6. The summed E-state index contributed by atoms with van der Waals surface area (Å²) in [5.74, 6) is -0.406. The van der Waals surface area contributed by atoms with Crippen LogP contribution in [0.3, 0.4) is 0 Å². The number of nitrogens with zero attached hydrogens (tertiary/aromatic N) is 1. The largest absolute Gasteiger partial charge is 0.457 e. The van der Waals surface area contributed by atoms with Gasteiger partial charge in [0.15, 0.2) is 5.78 Å². The fourth-order valence-corrected chi connectivity index (χ4v) is 4.34. The molecule has 1 atom stereocenters. The van der Waals surface area contributed by atoms with Gasteiger partial charge in [0, 0.05) is 18.4 Å². The van der Waals surface area contributed by atoms with Crippen LogP contribution in [-0.2, 0) is 9.53 Å². The van der Waals surface area contributed by atoms with Gasteiger partial charge in [0.1, 0.15) is 11.9 Å². The zero-order valence-corrected chi connectivity index (χ0v) is 18.8. The highest BCUT2D eigenvalue weighted by Crippen LogP contribution is 2.34. The molecule has 168 valence electrons. The summed E-state index contributed by atoms with van der Waals surface area (Å²) in [6.45, 7) is 3.28. The summed E-state index contributed by atoms with van der Waals surface area (Å²) in [7, 11) is 0. The minimum absolute atomic E-state index is 0. The summed E-state index contributed by atoms with van der Waals surface area (Å²) in [6.07, 6.45) is 1.22. The number of piperidine rings is 1. The lowest BCUT2D eigenvalue weighted by Gasteiger charge is -2.35. The van der Waals surface area contributed by atoms with Crippen molar-refractivity contribution < 1.29 is 18.7 Å². The maximum atomic E-state index is 13.3. The molecule has 4 nitrogen and oxygen atoms in total. The third kappa shape index (κ3) is 5.72. The summed E-state index contributed by atoms with van der Waals surface area (Å²) < 4.78 is 18.9. The highest BCUT2D eigenvalue weighted by molar-refractivity contribution is 6.01. The van der Waals surface area contributed by atoms with E-state index in [-0.39, 0.29) is 35.9 Å². The Hall–Kier alpha value is -2.76. The Morgan fingerprint density at radius 3 is 2.31 bits per heavy atom. The third-order valence-electron chi connectivity index (χ3n) is 5.99. The van der Waals surface area contributed by atoms with E-state index in [4.69, 9.17) is 4.74 Å². The van der Waals surface area contributed by atoms with Crippen molar-refractivity contribution in [2.45, 2.75) is 25.9 Å². The first-order valence-corrected chi connectivity index (χ1v) is 10.7. The Morgan fingerprint density at radius 1 is 1.00 bits per heavy atom. The number of benzene rings is 3. The Bertz CT molecular complexity index is 1080. The van der Waals surface area contributed by atoms with E-state index in [0.717, 1.165) is 47.8 Å². The average molecular weight is 456 g/mol. The second-order valence-corrected chi connectivity index (χ2v) is 8.18. The smallest absolute Gasteiger partial charge is 0.303 e. The van der Waals surface area contributed by atoms with Gasteiger partial charge in [-0.2, -0.15) is 0 Å². The Kier molecular flexibility index (Phi) is 7.99. The normalized spacial score (nSPS) is 15.7. The van der Waals surface area contributed by atoms with Crippen LogP contribution >= 0.6 is 12.4 Å². The van der Waals surface area contributed by atoms with Crippen LogP contribution < -0.4 is 0 Å². The molecule has 0 saturated carbocycles. The fourth-order valence-electron chi connectivity index (χ4n) is 4.34. The number of hydrogen-bond acceptors (Lipinski definition) is 4. The molecule has 6 heteroatoms. The standard InChI is InChI=1S/C26H26FNO3.ClH/c1-18(29)31-26(20-8-10-24(27)11-9-20)21-12-14-28(15-13-21)17-25(30)23-7-6-19-4-2-3-5-22(19)16-23;/h2-11,16,21,26H,12-15,17H2,1H3;1H. The highest BCUT2D eigenvalue weighted by Gasteiger charge is 2.30. The zero-order chi connectivity index (χ0) is 21.8. The molecule has 0 bridgehead atoms. The van der Waals surface area contributed by atoms with Crippen LogP contribution in [-0.4, -0.2) is 36.3 Å². The molecular formula is C26H27ClFNO3. The molecule has 0 N–H and O–H groups in total. The van der Waals surface area contributed by atoms with E-state index in [1.165, 1.54) is 19.1 Å². The van der Waals surface area contributed by atoms with Crippen LogP contribution in [0.5, 0.6) is 0 Å². The van der Waals surface area contributed by atoms with Crippen molar-refractivity contribution in [2.75, 3.05) is 19.6 Å². The number of halogens is 2. The van der Waals surface area contributed by atoms with Crippen molar-refractivity contribution in [3.63, 3.8) is 0 Å². The number of ketones is 1. The molecule has 0 radical (unpaired) electrons. The number of carbonyl (C=O) groups is 2. The first kappa shape index (κ1) is 23.9. The lowest BCUT2D eigenvalue weighted by Crippen LogP contribution is -2.39. The van der Waals surface area contributed by atoms with Crippen molar-refractivity contribution in [2.24, 2.45) is 5.92 Å². The van der Waals surface area contributed by atoms with Gasteiger partial charge in [-0.25, -0.2) is 4.39 Å². The molecule has 1 fully saturated rings. The molecule has 1 saturated heterocycles. The summed E-state index contributed by atoms with van der Waals surface area (Å²) >= 11 is 0. The van der Waals surface area contributed by atoms with E-state index in [1.54, 1.807) is 12.1 Å². The summed E-state index contributed by atoms with van der Waals surface area (Å²) in [5.41, 5.74) is 1.53. The summed E-state index contributed by atoms with van der Waals surface area (Å²) in [5, 5.41) is 2.19. The third-order valence-corrected chi connectivity index (χ3v) is 5.99. The first-order chi connectivity index (χ1) is 15.0. The fraction of sp³-hybridized carbons (Fsp3) is 0.308. The van der Waals surface area contributed by atoms with Crippen molar-refractivity contribution in [3.05, 3.63) is 83.7 Å². The van der Waals surface area contributed by atoms with Gasteiger partial charge in [0.25, 0.3) is 0 Å².